The van der Waals surface area contributed by atoms with E-state index in [0.29, 0.717) is 42.2 Å². The molecule has 16 heteroatoms. The first-order valence-corrected chi connectivity index (χ1v) is 32.6. The number of rotatable bonds is 26. The van der Waals surface area contributed by atoms with Crippen molar-refractivity contribution in [3.05, 3.63) is 0 Å². The van der Waals surface area contributed by atoms with E-state index >= 15 is 0 Å². The molecule has 4 fully saturated rings. The van der Waals surface area contributed by atoms with E-state index in [1.165, 1.54) is 25.7 Å². The Morgan fingerprint density at radius 3 is 1.25 bits per heavy atom. The maximum absolute atomic E-state index is 5.55. The van der Waals surface area contributed by atoms with E-state index in [-0.39, 0.29) is 68.5 Å². The number of hydrogen-bond acceptors (Lipinski definition) is 16. The van der Waals surface area contributed by atoms with Gasteiger partial charge in [0.05, 0.1) is 0 Å². The number of aromatic nitrogens is 6. The van der Waals surface area contributed by atoms with Crippen molar-refractivity contribution in [2.24, 2.45) is 11.8 Å². The number of unbranched alkanes of at least 4 members (excludes halogenated alkanes) is 4. The summed E-state index contributed by atoms with van der Waals surface area (Å²) >= 11 is 0. The van der Waals surface area contributed by atoms with Crippen LogP contribution in [0.5, 0.6) is 0 Å². The van der Waals surface area contributed by atoms with Crippen molar-refractivity contribution in [3.63, 3.8) is 0 Å². The van der Waals surface area contributed by atoms with Gasteiger partial charge in [0, 0.05) is 94.7 Å². The first-order valence-electron chi connectivity index (χ1n) is 32.6. The van der Waals surface area contributed by atoms with E-state index in [4.69, 9.17) is 29.9 Å². The molecule has 464 valence electrons. The van der Waals surface area contributed by atoms with Crippen LogP contribution in [-0.4, -0.2) is 172 Å². The number of nitrogens with one attached hydrogen (secondary N) is 4. The van der Waals surface area contributed by atoms with E-state index in [1.807, 2.05) is 0 Å². The SMILES string of the molecule is CCCCC1C(Nc2nc(NCCCN(CCCC)c3nc(NC4CC(C)(C)N(C)C(C)(C)C4)nc(N(CCCC)C4CC(C)(C)N(C)C(C)(C)C4)n3)nc(NC3CC(C)(C)N(C)C(C)(C)C3CCCC)n2)CC(C)(C)N(C)C1(C)C. The van der Waals surface area contributed by atoms with Gasteiger partial charge in [-0.1, -0.05) is 66.2 Å². The highest BCUT2D eigenvalue weighted by molar-refractivity contribution is 5.48. The van der Waals surface area contributed by atoms with Crippen molar-refractivity contribution >= 4 is 35.7 Å². The molecule has 4 atom stereocenters. The number of nitrogens with zero attached hydrogens (tertiary/aromatic N) is 12. The Morgan fingerprint density at radius 1 is 0.407 bits per heavy atom. The van der Waals surface area contributed by atoms with Gasteiger partial charge in [0.15, 0.2) is 0 Å². The lowest BCUT2D eigenvalue weighted by molar-refractivity contribution is -0.0543. The zero-order valence-electron chi connectivity index (χ0n) is 56.7. The monoisotopic (exact) mass is 1130 g/mol. The second kappa shape index (κ2) is 26.1. The Kier molecular flexibility index (Phi) is 21.5. The molecule has 4 N–H and O–H groups in total. The molecule has 0 aromatic carbocycles. The summed E-state index contributed by atoms with van der Waals surface area (Å²) in [6, 6.07) is 0.896. The van der Waals surface area contributed by atoms with Crippen LogP contribution in [-0.2, 0) is 0 Å². The average Bonchev–Trinajstić information content (AvgIpc) is 3.41. The van der Waals surface area contributed by atoms with Crippen molar-refractivity contribution in [2.75, 3.05) is 85.4 Å². The van der Waals surface area contributed by atoms with Crippen LogP contribution < -0.4 is 31.1 Å². The minimum atomic E-state index is -0.0173. The molecule has 0 saturated carbocycles. The van der Waals surface area contributed by atoms with Crippen LogP contribution >= 0.6 is 0 Å². The molecule has 2 aromatic rings. The molecule has 0 radical (unpaired) electrons. The van der Waals surface area contributed by atoms with Gasteiger partial charge in [0.2, 0.25) is 35.7 Å². The lowest BCUT2D eigenvalue weighted by atomic mass is 9.68. The summed E-state index contributed by atoms with van der Waals surface area (Å²) in [5.41, 5.74) is 0.00400. The van der Waals surface area contributed by atoms with Crippen molar-refractivity contribution < 1.29 is 0 Å². The maximum Gasteiger partial charge on any atom is 0.232 e. The Labute approximate surface area is 496 Å². The predicted octanol–water partition coefficient (Wildman–Crippen LogP) is 13.4. The van der Waals surface area contributed by atoms with Gasteiger partial charge in [0.25, 0.3) is 0 Å². The lowest BCUT2D eigenvalue weighted by Crippen LogP contribution is -2.66. The summed E-state index contributed by atoms with van der Waals surface area (Å²) in [5, 5.41) is 15.8. The molecule has 0 aliphatic carbocycles. The molecule has 81 heavy (non-hydrogen) atoms. The molecule has 6 rings (SSSR count). The Bertz CT molecular complexity index is 2200. The summed E-state index contributed by atoms with van der Waals surface area (Å²) in [6.45, 7) is 50.8. The van der Waals surface area contributed by atoms with Crippen LogP contribution in [0.25, 0.3) is 0 Å². The quantitative estimate of drug-likeness (QED) is 0.0663. The summed E-state index contributed by atoms with van der Waals surface area (Å²) in [4.78, 5) is 47.6. The third-order valence-electron chi connectivity index (χ3n) is 21.7. The second-order valence-corrected chi connectivity index (χ2v) is 30.9. The molecule has 0 bridgehead atoms. The molecule has 4 aliphatic heterocycles. The number of hydrogen-bond donors (Lipinski definition) is 4. The van der Waals surface area contributed by atoms with Crippen LogP contribution in [0.3, 0.4) is 0 Å². The Hall–Kier alpha value is -3.34. The van der Waals surface area contributed by atoms with Gasteiger partial charge in [0.1, 0.15) is 0 Å². The van der Waals surface area contributed by atoms with Crippen LogP contribution in [0, 0.1) is 11.8 Å². The van der Waals surface area contributed by atoms with Gasteiger partial charge in [-0.05, 0) is 221 Å². The maximum atomic E-state index is 5.55. The van der Waals surface area contributed by atoms with E-state index in [2.05, 4.69) is 217 Å². The number of anilines is 6. The molecule has 16 nitrogen and oxygen atoms in total. The molecule has 4 aliphatic rings. The summed E-state index contributed by atoms with van der Waals surface area (Å²) in [6.07, 6.45) is 18.2. The highest BCUT2D eigenvalue weighted by Crippen LogP contribution is 2.47. The zero-order valence-corrected chi connectivity index (χ0v) is 56.7. The lowest BCUT2D eigenvalue weighted by Gasteiger charge is -2.58. The molecule has 4 unspecified atom stereocenters. The van der Waals surface area contributed by atoms with Crippen LogP contribution in [0.1, 0.15) is 248 Å². The molecule has 0 amide bonds. The molecule has 0 spiro atoms. The van der Waals surface area contributed by atoms with E-state index < -0.39 is 0 Å². The molecular weight excluding hydrogens is 1000 g/mol. The van der Waals surface area contributed by atoms with Gasteiger partial charge in [-0.15, -0.1) is 0 Å². The Balaban J connectivity index is 1.35. The van der Waals surface area contributed by atoms with E-state index in [0.717, 1.165) is 115 Å². The van der Waals surface area contributed by atoms with Crippen molar-refractivity contribution in [2.45, 2.75) is 316 Å². The second-order valence-electron chi connectivity index (χ2n) is 30.9. The molecule has 6 heterocycles. The van der Waals surface area contributed by atoms with Crippen LogP contribution in [0.15, 0.2) is 0 Å². The summed E-state index contributed by atoms with van der Waals surface area (Å²) < 4.78 is 0. The van der Waals surface area contributed by atoms with Gasteiger partial charge in [-0.25, -0.2) is 0 Å². The Morgan fingerprint density at radius 2 is 0.790 bits per heavy atom. The van der Waals surface area contributed by atoms with Gasteiger partial charge in [-0.3, -0.25) is 19.6 Å². The number of piperidine rings is 4. The van der Waals surface area contributed by atoms with Gasteiger partial charge >= 0.3 is 0 Å². The van der Waals surface area contributed by atoms with E-state index in [9.17, 15) is 0 Å². The van der Waals surface area contributed by atoms with E-state index in [1.54, 1.807) is 0 Å². The molecule has 4 saturated heterocycles. The predicted molar refractivity (Wildman–Crippen MR) is 346 cm³/mol. The standard InChI is InChI=1S/C65H124N16/c1-25-29-34-48-50(44-62(13,14)78(23)64(48,17)18)68-54-70-52(71-55(72-54)69-51-45-63(15,16)79(24)65(19,20)49(51)35-30-26-2)66-36-33-38-80(37-31-27-3)56-73-53(67-46-40-58(5,6)76(21)59(7,8)41-46)74-57(75-56)81(39-32-28-4)47-42-60(9,10)77(22)61(11,12)43-47/h46-51H,25-45H2,1-24H3,(H,67,73,74,75)(H3,66,68,69,70,71,72). The fraction of sp³-hybridized carbons (Fsp3) is 0.908. The smallest absolute Gasteiger partial charge is 0.232 e. The summed E-state index contributed by atoms with van der Waals surface area (Å²) in [7, 11) is 9.21. The van der Waals surface area contributed by atoms with Crippen LogP contribution in [0.2, 0.25) is 0 Å². The van der Waals surface area contributed by atoms with Gasteiger partial charge < -0.3 is 31.1 Å². The fourth-order valence-corrected chi connectivity index (χ4v) is 15.6. The first-order chi connectivity index (χ1) is 37.6. The van der Waals surface area contributed by atoms with Gasteiger partial charge in [-0.2, -0.15) is 29.9 Å². The first kappa shape index (κ1) is 66.8. The minimum Gasteiger partial charge on any atom is -0.354 e. The topological polar surface area (TPSA) is 145 Å². The normalized spacial score (nSPS) is 26.5. The van der Waals surface area contributed by atoms with Crippen LogP contribution in [0.4, 0.5) is 35.7 Å². The molecule has 2 aromatic heterocycles. The number of likely N-dealkylation sites (tertiary alicyclic amines) is 4. The minimum absolute atomic E-state index is 0.00804. The molecular formula is C65H124N16. The highest BCUT2D eigenvalue weighted by atomic mass is 15.4. The van der Waals surface area contributed by atoms with Crippen molar-refractivity contribution in [1.82, 2.24) is 49.5 Å². The third-order valence-corrected chi connectivity index (χ3v) is 21.7. The largest absolute Gasteiger partial charge is 0.354 e. The van der Waals surface area contributed by atoms with Crippen molar-refractivity contribution in [1.29, 1.82) is 0 Å². The zero-order chi connectivity index (χ0) is 60.3. The highest BCUT2D eigenvalue weighted by Gasteiger charge is 2.52. The van der Waals surface area contributed by atoms with Crippen molar-refractivity contribution in [3.8, 4) is 0 Å². The third kappa shape index (κ3) is 15.6. The fourth-order valence-electron chi connectivity index (χ4n) is 15.6. The average molecular weight is 1130 g/mol. The summed E-state index contributed by atoms with van der Waals surface area (Å²) in [5.74, 6) is 4.99.